The Balaban J connectivity index is 2.17. The molecule has 0 radical (unpaired) electrons. The zero-order valence-corrected chi connectivity index (χ0v) is 16.7. The van der Waals surface area contributed by atoms with E-state index >= 15 is 0 Å². The summed E-state index contributed by atoms with van der Waals surface area (Å²) >= 11 is 0. The van der Waals surface area contributed by atoms with Crippen LogP contribution < -0.4 is 5.73 Å². The molecule has 166 valence electrons. The number of rotatable bonds is 6. The van der Waals surface area contributed by atoms with Crippen LogP contribution in [-0.2, 0) is 29.3 Å². The maximum absolute atomic E-state index is 12.9. The standard InChI is InChI=1S/C21H23F6NO2/c1-12-4-5-13(2)17(6-12)19(3,29)10-18(28)30-11-14-7-15(20(22,23)24)9-16(8-14)21(25,26)27/h4-9,18,29H,10-11,28H2,1-3H3. The Kier molecular flexibility index (Phi) is 6.90. The van der Waals surface area contributed by atoms with Crippen molar-refractivity contribution in [2.24, 2.45) is 5.73 Å². The van der Waals surface area contributed by atoms with Crippen molar-refractivity contribution in [3.63, 3.8) is 0 Å². The summed E-state index contributed by atoms with van der Waals surface area (Å²) in [5, 5.41) is 10.8. The van der Waals surface area contributed by atoms with Crippen molar-refractivity contribution in [1.29, 1.82) is 0 Å². The summed E-state index contributed by atoms with van der Waals surface area (Å²) < 4.78 is 83.0. The maximum Gasteiger partial charge on any atom is 0.416 e. The van der Waals surface area contributed by atoms with Crippen LogP contribution in [0.3, 0.4) is 0 Å². The third-order valence-corrected chi connectivity index (χ3v) is 4.68. The molecule has 0 amide bonds. The van der Waals surface area contributed by atoms with E-state index in [9.17, 15) is 31.4 Å². The minimum absolute atomic E-state index is 0.0503. The Morgan fingerprint density at radius 1 is 0.933 bits per heavy atom. The molecule has 2 unspecified atom stereocenters. The van der Waals surface area contributed by atoms with Gasteiger partial charge < -0.3 is 15.6 Å². The van der Waals surface area contributed by atoms with Gasteiger partial charge in [-0.3, -0.25) is 0 Å². The minimum atomic E-state index is -4.94. The van der Waals surface area contributed by atoms with E-state index in [-0.39, 0.29) is 18.1 Å². The van der Waals surface area contributed by atoms with Gasteiger partial charge in [0.05, 0.1) is 23.3 Å². The van der Waals surface area contributed by atoms with Gasteiger partial charge in [-0.05, 0) is 55.7 Å². The summed E-state index contributed by atoms with van der Waals surface area (Å²) in [6.45, 7) is 4.60. The molecule has 0 aliphatic carbocycles. The van der Waals surface area contributed by atoms with Crippen molar-refractivity contribution in [3.8, 4) is 0 Å². The fourth-order valence-corrected chi connectivity index (χ4v) is 3.18. The van der Waals surface area contributed by atoms with Crippen LogP contribution in [0.5, 0.6) is 0 Å². The highest BCUT2D eigenvalue weighted by Crippen LogP contribution is 2.36. The van der Waals surface area contributed by atoms with Gasteiger partial charge in [-0.25, -0.2) is 0 Å². The highest BCUT2D eigenvalue weighted by atomic mass is 19.4. The maximum atomic E-state index is 12.9. The first kappa shape index (κ1) is 24.2. The van der Waals surface area contributed by atoms with E-state index in [1.54, 1.807) is 13.0 Å². The lowest BCUT2D eigenvalue weighted by Gasteiger charge is -2.29. The van der Waals surface area contributed by atoms with Crippen molar-refractivity contribution in [2.75, 3.05) is 0 Å². The van der Waals surface area contributed by atoms with E-state index in [0.717, 1.165) is 11.1 Å². The second-order valence-corrected chi connectivity index (χ2v) is 7.56. The molecule has 0 aliphatic heterocycles. The Morgan fingerprint density at radius 3 is 1.97 bits per heavy atom. The summed E-state index contributed by atoms with van der Waals surface area (Å²) in [5.41, 5.74) is 3.62. The number of nitrogens with two attached hydrogens (primary N) is 1. The van der Waals surface area contributed by atoms with Crippen molar-refractivity contribution < 1.29 is 36.2 Å². The molecule has 0 heterocycles. The van der Waals surface area contributed by atoms with Crippen LogP contribution in [-0.4, -0.2) is 11.3 Å². The van der Waals surface area contributed by atoms with Crippen LogP contribution >= 0.6 is 0 Å². The Hall–Kier alpha value is -2.10. The Bertz CT molecular complexity index is 858. The van der Waals surface area contributed by atoms with Gasteiger partial charge in [-0.2, -0.15) is 26.3 Å². The lowest BCUT2D eigenvalue weighted by molar-refractivity contribution is -0.143. The molecule has 2 rings (SSSR count). The highest BCUT2D eigenvalue weighted by molar-refractivity contribution is 5.35. The first-order chi connectivity index (χ1) is 13.6. The molecule has 2 atom stereocenters. The number of aryl methyl sites for hydroxylation is 2. The van der Waals surface area contributed by atoms with Gasteiger partial charge in [0, 0.05) is 6.42 Å². The van der Waals surface area contributed by atoms with Crippen LogP contribution in [0.1, 0.15) is 46.7 Å². The van der Waals surface area contributed by atoms with Crippen molar-refractivity contribution in [2.45, 2.75) is 58.0 Å². The van der Waals surface area contributed by atoms with Gasteiger partial charge >= 0.3 is 12.4 Å². The largest absolute Gasteiger partial charge is 0.416 e. The summed E-state index contributed by atoms with van der Waals surface area (Å²) in [6, 6.07) is 6.71. The third kappa shape index (κ3) is 6.20. The predicted molar refractivity (Wildman–Crippen MR) is 99.3 cm³/mol. The van der Waals surface area contributed by atoms with E-state index in [0.29, 0.717) is 17.7 Å². The van der Waals surface area contributed by atoms with E-state index in [2.05, 4.69) is 0 Å². The van der Waals surface area contributed by atoms with Crippen molar-refractivity contribution >= 4 is 0 Å². The van der Waals surface area contributed by atoms with Gasteiger partial charge in [0.25, 0.3) is 0 Å². The second kappa shape index (κ2) is 8.56. The molecule has 30 heavy (non-hydrogen) atoms. The molecule has 9 heteroatoms. The number of aliphatic hydroxyl groups is 1. The zero-order valence-electron chi connectivity index (χ0n) is 16.7. The van der Waals surface area contributed by atoms with Crippen LogP contribution in [0.2, 0.25) is 0 Å². The molecule has 0 aliphatic rings. The number of ether oxygens (including phenoxy) is 1. The molecule has 0 saturated heterocycles. The molecule has 2 aromatic carbocycles. The summed E-state index contributed by atoms with van der Waals surface area (Å²) in [5.74, 6) is 0. The zero-order chi connectivity index (χ0) is 22.9. The average Bonchev–Trinajstić information content (AvgIpc) is 2.60. The molecule has 3 nitrogen and oxygen atoms in total. The number of halogens is 6. The normalized spacial score (nSPS) is 15.7. The van der Waals surface area contributed by atoms with Crippen LogP contribution in [0.25, 0.3) is 0 Å². The second-order valence-electron chi connectivity index (χ2n) is 7.56. The average molecular weight is 435 g/mol. The van der Waals surface area contributed by atoms with Crippen LogP contribution in [0.15, 0.2) is 36.4 Å². The smallest absolute Gasteiger partial charge is 0.385 e. The Labute approximate surface area is 170 Å². The van der Waals surface area contributed by atoms with Crippen molar-refractivity contribution in [1.82, 2.24) is 0 Å². The lowest BCUT2D eigenvalue weighted by Crippen LogP contribution is -2.35. The van der Waals surface area contributed by atoms with Crippen LogP contribution in [0, 0.1) is 13.8 Å². The fraction of sp³-hybridized carbons (Fsp3) is 0.429. The van der Waals surface area contributed by atoms with E-state index < -0.39 is 41.9 Å². The summed E-state index contributed by atoms with van der Waals surface area (Å²) in [4.78, 5) is 0. The molecule has 2 aromatic rings. The molecule has 0 spiro atoms. The van der Waals surface area contributed by atoms with E-state index in [1.807, 2.05) is 19.1 Å². The fourth-order valence-electron chi connectivity index (χ4n) is 3.18. The first-order valence-corrected chi connectivity index (χ1v) is 9.05. The molecule has 0 saturated carbocycles. The van der Waals surface area contributed by atoms with Gasteiger partial charge in [-0.15, -0.1) is 0 Å². The number of benzene rings is 2. The van der Waals surface area contributed by atoms with Gasteiger partial charge in [-0.1, -0.05) is 23.8 Å². The minimum Gasteiger partial charge on any atom is -0.385 e. The number of hydrogen-bond donors (Lipinski definition) is 2. The molecule has 3 N–H and O–H groups in total. The predicted octanol–water partition coefficient (Wildman–Crippen LogP) is 5.44. The molecular weight excluding hydrogens is 412 g/mol. The van der Waals surface area contributed by atoms with Gasteiger partial charge in [0.2, 0.25) is 0 Å². The monoisotopic (exact) mass is 435 g/mol. The number of hydrogen-bond acceptors (Lipinski definition) is 3. The highest BCUT2D eigenvalue weighted by Gasteiger charge is 2.37. The SMILES string of the molecule is Cc1ccc(C)c(C(C)(O)CC(N)OCc2cc(C(F)(F)F)cc(C(F)(F)F)c2)c1. The van der Waals surface area contributed by atoms with E-state index in [1.165, 1.54) is 6.92 Å². The molecule has 0 aromatic heterocycles. The molecule has 0 fully saturated rings. The molecule has 0 bridgehead atoms. The topological polar surface area (TPSA) is 55.5 Å². The summed E-state index contributed by atoms with van der Waals surface area (Å²) in [7, 11) is 0. The Morgan fingerprint density at radius 2 is 1.47 bits per heavy atom. The van der Waals surface area contributed by atoms with E-state index in [4.69, 9.17) is 10.5 Å². The van der Waals surface area contributed by atoms with Gasteiger partial charge in [0.1, 0.15) is 6.23 Å². The third-order valence-electron chi connectivity index (χ3n) is 4.68. The first-order valence-electron chi connectivity index (χ1n) is 9.05. The van der Waals surface area contributed by atoms with Crippen molar-refractivity contribution in [3.05, 3.63) is 69.8 Å². The summed E-state index contributed by atoms with van der Waals surface area (Å²) in [6.07, 6.45) is -11.1. The van der Waals surface area contributed by atoms with Crippen LogP contribution in [0.4, 0.5) is 26.3 Å². The number of alkyl halides is 6. The van der Waals surface area contributed by atoms with Gasteiger partial charge in [0.15, 0.2) is 0 Å². The molecular formula is C21H23F6NO2. The lowest BCUT2D eigenvalue weighted by atomic mass is 9.87. The quantitative estimate of drug-likeness (QED) is 0.469.